The lowest BCUT2D eigenvalue weighted by atomic mass is 9.90. The second kappa shape index (κ2) is 10.9. The zero-order chi connectivity index (χ0) is 24.9. The lowest BCUT2D eigenvalue weighted by Crippen LogP contribution is -2.47. The highest BCUT2D eigenvalue weighted by Crippen LogP contribution is 2.33. The van der Waals surface area contributed by atoms with Gasteiger partial charge in [0.1, 0.15) is 11.6 Å². The first-order chi connectivity index (χ1) is 17.6. The van der Waals surface area contributed by atoms with Crippen molar-refractivity contribution >= 4 is 0 Å². The Hall–Kier alpha value is -3.75. The van der Waals surface area contributed by atoms with Gasteiger partial charge in [0.2, 0.25) is 5.89 Å². The van der Waals surface area contributed by atoms with Crippen LogP contribution in [0.1, 0.15) is 35.9 Å². The summed E-state index contributed by atoms with van der Waals surface area (Å²) in [4.78, 5) is 13.8. The summed E-state index contributed by atoms with van der Waals surface area (Å²) in [5.74, 6) is 0.393. The number of ether oxygens (including phenoxy) is 1. The fourth-order valence-electron chi connectivity index (χ4n) is 5.03. The number of likely N-dealkylation sites (tertiary alicyclic amines) is 1. The third kappa shape index (κ3) is 5.40. The molecule has 3 aromatic carbocycles. The van der Waals surface area contributed by atoms with E-state index in [1.165, 1.54) is 17.7 Å². The third-order valence-corrected chi connectivity index (χ3v) is 6.71. The minimum Gasteiger partial charge on any atom is -0.496 e. The van der Waals surface area contributed by atoms with Gasteiger partial charge in [-0.1, -0.05) is 48.5 Å². The summed E-state index contributed by atoms with van der Waals surface area (Å²) in [6.07, 6.45) is 2.00. The molecule has 2 N–H and O–H groups in total. The predicted molar refractivity (Wildman–Crippen MR) is 135 cm³/mol. The molecule has 1 aliphatic rings. The van der Waals surface area contributed by atoms with Crippen molar-refractivity contribution in [3.8, 4) is 16.9 Å². The van der Waals surface area contributed by atoms with Crippen molar-refractivity contribution in [2.24, 2.45) is 0 Å². The molecule has 0 radical (unpaired) electrons. The minimum absolute atomic E-state index is 0.0771. The Bertz CT molecular complexity index is 1340. The van der Waals surface area contributed by atoms with E-state index < -0.39 is 5.76 Å². The van der Waals surface area contributed by atoms with Crippen LogP contribution in [0.5, 0.6) is 5.75 Å². The van der Waals surface area contributed by atoms with E-state index in [4.69, 9.17) is 9.15 Å². The molecule has 2 atom stereocenters. The number of halogens is 1. The van der Waals surface area contributed by atoms with Crippen LogP contribution < -0.4 is 15.8 Å². The number of methoxy groups -OCH3 is 1. The molecule has 36 heavy (non-hydrogen) atoms. The van der Waals surface area contributed by atoms with E-state index in [-0.39, 0.29) is 17.9 Å². The minimum atomic E-state index is -0.541. The molecule has 0 saturated carbocycles. The summed E-state index contributed by atoms with van der Waals surface area (Å²) in [5, 5.41) is 10.1. The van der Waals surface area contributed by atoms with Gasteiger partial charge in [-0.2, -0.15) is 0 Å². The monoisotopic (exact) mass is 488 g/mol. The molecule has 1 aliphatic heterocycles. The zero-order valence-corrected chi connectivity index (χ0v) is 20.1. The van der Waals surface area contributed by atoms with Crippen LogP contribution in [0.3, 0.4) is 0 Å². The van der Waals surface area contributed by atoms with E-state index in [0.717, 1.165) is 41.8 Å². The fourth-order valence-corrected chi connectivity index (χ4v) is 5.03. The SMILES string of the molecule is COc1ccc(-c2ccc(F)cc2)cc1CN[C@H]1CCCN(Cc2n[nH]c(=O)o2)[C@H]1c1ccccc1. The van der Waals surface area contributed by atoms with E-state index in [1.807, 2.05) is 30.3 Å². The first-order valence-electron chi connectivity index (χ1n) is 12.1. The van der Waals surface area contributed by atoms with Crippen molar-refractivity contribution in [3.05, 3.63) is 106 Å². The largest absolute Gasteiger partial charge is 0.496 e. The van der Waals surface area contributed by atoms with Gasteiger partial charge in [0.05, 0.1) is 19.7 Å². The molecule has 0 spiro atoms. The van der Waals surface area contributed by atoms with Crippen LogP contribution in [0, 0.1) is 5.82 Å². The molecule has 7 nitrogen and oxygen atoms in total. The highest BCUT2D eigenvalue weighted by molar-refractivity contribution is 5.65. The predicted octanol–water partition coefficient (Wildman–Crippen LogP) is 4.67. The number of rotatable bonds is 8. The molecular formula is C28H29FN4O3. The van der Waals surface area contributed by atoms with Gasteiger partial charge in [-0.3, -0.25) is 4.90 Å². The van der Waals surface area contributed by atoms with Crippen LogP contribution in [-0.2, 0) is 13.1 Å². The smallest absolute Gasteiger partial charge is 0.434 e. The van der Waals surface area contributed by atoms with Crippen LogP contribution in [0.25, 0.3) is 11.1 Å². The molecule has 1 saturated heterocycles. The van der Waals surface area contributed by atoms with Crippen LogP contribution in [0.4, 0.5) is 4.39 Å². The average Bonchev–Trinajstić information content (AvgIpc) is 3.32. The van der Waals surface area contributed by atoms with Crippen LogP contribution in [0.15, 0.2) is 82.0 Å². The van der Waals surface area contributed by atoms with Crippen LogP contribution >= 0.6 is 0 Å². The number of nitrogens with zero attached hydrogens (tertiary/aromatic N) is 2. The maximum atomic E-state index is 13.4. The lowest BCUT2D eigenvalue weighted by Gasteiger charge is -2.41. The Morgan fingerprint density at radius 2 is 1.89 bits per heavy atom. The van der Waals surface area contributed by atoms with E-state index in [2.05, 4.69) is 38.6 Å². The maximum Gasteiger partial charge on any atom is 0.434 e. The Kier molecular flexibility index (Phi) is 7.25. The van der Waals surface area contributed by atoms with E-state index in [1.54, 1.807) is 19.2 Å². The number of piperidine rings is 1. The summed E-state index contributed by atoms with van der Waals surface area (Å²) in [6, 6.07) is 23.2. The normalized spacial score (nSPS) is 18.3. The lowest BCUT2D eigenvalue weighted by molar-refractivity contribution is 0.0931. The molecule has 0 unspecified atom stereocenters. The maximum absolute atomic E-state index is 13.4. The number of hydrogen-bond acceptors (Lipinski definition) is 6. The molecule has 8 heteroatoms. The van der Waals surface area contributed by atoms with E-state index in [9.17, 15) is 9.18 Å². The molecule has 0 bridgehead atoms. The molecule has 1 aromatic heterocycles. The van der Waals surface area contributed by atoms with Gasteiger partial charge in [-0.15, -0.1) is 5.10 Å². The molecule has 0 amide bonds. The van der Waals surface area contributed by atoms with Gasteiger partial charge in [0, 0.05) is 18.2 Å². The van der Waals surface area contributed by atoms with Crippen molar-refractivity contribution in [3.63, 3.8) is 0 Å². The average molecular weight is 489 g/mol. The van der Waals surface area contributed by atoms with Crippen molar-refractivity contribution in [2.45, 2.75) is 38.0 Å². The molecule has 0 aliphatic carbocycles. The zero-order valence-electron chi connectivity index (χ0n) is 20.1. The standard InChI is InChI=1S/C28H29FN4O3/c1-35-25-14-11-21(19-9-12-23(29)13-10-19)16-22(25)17-30-24-8-5-15-33(18-26-31-32-28(34)36-26)27(24)20-6-3-2-4-7-20/h2-4,6-7,9-14,16,24,27,30H,5,8,15,17-18H2,1H3,(H,32,34)/t24-,27-/m0/s1. The number of H-pyrrole nitrogens is 1. The van der Waals surface area contributed by atoms with Gasteiger partial charge in [-0.25, -0.2) is 14.3 Å². The number of aromatic nitrogens is 2. The van der Waals surface area contributed by atoms with Gasteiger partial charge in [0.25, 0.3) is 0 Å². The molecule has 5 rings (SSSR count). The third-order valence-electron chi connectivity index (χ3n) is 6.71. The highest BCUT2D eigenvalue weighted by atomic mass is 19.1. The number of hydrogen-bond donors (Lipinski definition) is 2. The number of benzene rings is 3. The van der Waals surface area contributed by atoms with Crippen LogP contribution in [-0.4, -0.2) is 34.8 Å². The Labute approximate surface area is 208 Å². The quantitative estimate of drug-likeness (QED) is 0.375. The summed E-state index contributed by atoms with van der Waals surface area (Å²) in [6.45, 7) is 1.93. The van der Waals surface area contributed by atoms with Crippen molar-refractivity contribution in [1.82, 2.24) is 20.4 Å². The second-order valence-electron chi connectivity index (χ2n) is 9.00. The van der Waals surface area contributed by atoms with Crippen molar-refractivity contribution in [2.75, 3.05) is 13.7 Å². The Balaban J connectivity index is 1.39. The second-order valence-corrected chi connectivity index (χ2v) is 9.00. The molecule has 1 fully saturated rings. The first-order valence-corrected chi connectivity index (χ1v) is 12.1. The Morgan fingerprint density at radius 1 is 1.11 bits per heavy atom. The number of aromatic amines is 1. The topological polar surface area (TPSA) is 83.4 Å². The van der Waals surface area contributed by atoms with Gasteiger partial charge in [0.15, 0.2) is 0 Å². The summed E-state index contributed by atoms with van der Waals surface area (Å²) in [7, 11) is 1.67. The van der Waals surface area contributed by atoms with Gasteiger partial charge < -0.3 is 14.5 Å². The van der Waals surface area contributed by atoms with Crippen LogP contribution in [0.2, 0.25) is 0 Å². The van der Waals surface area contributed by atoms with Crippen molar-refractivity contribution in [1.29, 1.82) is 0 Å². The molecule has 186 valence electrons. The van der Waals surface area contributed by atoms with E-state index >= 15 is 0 Å². The summed E-state index contributed by atoms with van der Waals surface area (Å²) >= 11 is 0. The molecule has 2 heterocycles. The number of nitrogens with one attached hydrogen (secondary N) is 2. The molecular weight excluding hydrogens is 459 g/mol. The first kappa shape index (κ1) is 24.0. The van der Waals surface area contributed by atoms with E-state index in [0.29, 0.717) is 19.0 Å². The summed E-state index contributed by atoms with van der Waals surface area (Å²) in [5.41, 5.74) is 4.18. The Morgan fingerprint density at radius 3 is 2.61 bits per heavy atom. The molecule has 4 aromatic rings. The summed E-state index contributed by atoms with van der Waals surface area (Å²) < 4.78 is 24.3. The fraction of sp³-hybridized carbons (Fsp3) is 0.286. The van der Waals surface area contributed by atoms with Crippen molar-refractivity contribution < 1.29 is 13.5 Å². The van der Waals surface area contributed by atoms with Gasteiger partial charge in [-0.05, 0) is 60.3 Å². The highest BCUT2D eigenvalue weighted by Gasteiger charge is 2.33. The van der Waals surface area contributed by atoms with Gasteiger partial charge >= 0.3 is 5.76 Å².